The summed E-state index contributed by atoms with van der Waals surface area (Å²) >= 11 is 1.74. The third kappa shape index (κ3) is 6.51. The number of esters is 1. The van der Waals surface area contributed by atoms with Crippen LogP contribution in [0.1, 0.15) is 16.8 Å². The minimum atomic E-state index is -0.577. The number of amides is 1. The molecule has 1 amide bonds. The first-order chi connectivity index (χ1) is 12.2. The van der Waals surface area contributed by atoms with Crippen LogP contribution < -0.4 is 10.1 Å². The Labute approximate surface area is 151 Å². The molecule has 2 aromatic rings. The van der Waals surface area contributed by atoms with Gasteiger partial charge in [-0.15, -0.1) is 11.8 Å². The van der Waals surface area contributed by atoms with Crippen LogP contribution >= 0.6 is 11.8 Å². The van der Waals surface area contributed by atoms with Crippen LogP contribution in [0.2, 0.25) is 0 Å². The lowest BCUT2D eigenvalue weighted by molar-refractivity contribution is -0.124. The average Bonchev–Trinajstić information content (AvgIpc) is 2.66. The molecule has 0 aliphatic carbocycles. The third-order valence-electron chi connectivity index (χ3n) is 3.32. The van der Waals surface area contributed by atoms with E-state index in [-0.39, 0.29) is 12.5 Å². The number of para-hydroxylation sites is 1. The molecule has 0 saturated heterocycles. The number of benzene rings is 2. The molecule has 0 atom stereocenters. The molecule has 0 saturated carbocycles. The largest absolute Gasteiger partial charge is 0.496 e. The Balaban J connectivity index is 1.63. The van der Waals surface area contributed by atoms with Gasteiger partial charge in [0.15, 0.2) is 6.61 Å². The maximum atomic E-state index is 12.0. The predicted molar refractivity (Wildman–Crippen MR) is 98.1 cm³/mol. The van der Waals surface area contributed by atoms with Crippen molar-refractivity contribution in [3.05, 3.63) is 60.2 Å². The number of ether oxygens (including phenoxy) is 2. The number of hydrogen-bond acceptors (Lipinski definition) is 5. The van der Waals surface area contributed by atoms with Gasteiger partial charge in [0.2, 0.25) is 0 Å². The second-order valence-electron chi connectivity index (χ2n) is 5.14. The quantitative estimate of drug-likeness (QED) is 0.423. The lowest BCUT2D eigenvalue weighted by Gasteiger charge is -2.09. The first-order valence-electron chi connectivity index (χ1n) is 7.95. The zero-order valence-corrected chi connectivity index (χ0v) is 14.9. The Morgan fingerprint density at radius 2 is 1.76 bits per heavy atom. The highest BCUT2D eigenvalue weighted by Crippen LogP contribution is 2.18. The van der Waals surface area contributed by atoms with E-state index in [1.807, 2.05) is 18.2 Å². The van der Waals surface area contributed by atoms with Crippen LogP contribution in [-0.2, 0) is 9.53 Å². The number of carbonyl (C=O) groups is 2. The average molecular weight is 359 g/mol. The third-order valence-corrected chi connectivity index (χ3v) is 4.41. The SMILES string of the molecule is COc1ccccc1C(=O)OCC(=O)NCCCSc1ccccc1. The molecule has 0 heterocycles. The van der Waals surface area contributed by atoms with Crippen molar-refractivity contribution in [1.82, 2.24) is 5.32 Å². The summed E-state index contributed by atoms with van der Waals surface area (Å²) in [6.45, 7) is 0.244. The van der Waals surface area contributed by atoms with Gasteiger partial charge in [-0.2, -0.15) is 0 Å². The van der Waals surface area contributed by atoms with Crippen LogP contribution in [-0.4, -0.2) is 37.9 Å². The van der Waals surface area contributed by atoms with Crippen molar-refractivity contribution in [3.63, 3.8) is 0 Å². The molecule has 0 aliphatic heterocycles. The normalized spacial score (nSPS) is 10.1. The fraction of sp³-hybridized carbons (Fsp3) is 0.263. The number of nitrogens with one attached hydrogen (secondary N) is 1. The van der Waals surface area contributed by atoms with Crippen LogP contribution in [0.3, 0.4) is 0 Å². The van der Waals surface area contributed by atoms with E-state index in [9.17, 15) is 9.59 Å². The Morgan fingerprint density at radius 1 is 1.04 bits per heavy atom. The highest BCUT2D eigenvalue weighted by Gasteiger charge is 2.14. The van der Waals surface area contributed by atoms with Gasteiger partial charge < -0.3 is 14.8 Å². The van der Waals surface area contributed by atoms with Crippen LogP contribution in [0, 0.1) is 0 Å². The van der Waals surface area contributed by atoms with Crippen molar-refractivity contribution in [2.45, 2.75) is 11.3 Å². The number of methoxy groups -OCH3 is 1. The van der Waals surface area contributed by atoms with E-state index in [2.05, 4.69) is 17.4 Å². The molecule has 0 radical (unpaired) electrons. The van der Waals surface area contributed by atoms with Gasteiger partial charge in [-0.3, -0.25) is 4.79 Å². The Hall–Kier alpha value is -2.47. The molecule has 0 spiro atoms. The van der Waals surface area contributed by atoms with Crippen molar-refractivity contribution >= 4 is 23.6 Å². The van der Waals surface area contributed by atoms with E-state index in [0.29, 0.717) is 17.9 Å². The van der Waals surface area contributed by atoms with E-state index in [1.165, 1.54) is 12.0 Å². The van der Waals surface area contributed by atoms with Crippen LogP contribution in [0.5, 0.6) is 5.75 Å². The number of rotatable bonds is 9. The molecule has 132 valence electrons. The number of hydrogen-bond donors (Lipinski definition) is 1. The molecule has 0 unspecified atom stereocenters. The zero-order valence-electron chi connectivity index (χ0n) is 14.1. The Kier molecular flexibility index (Phi) is 7.85. The van der Waals surface area contributed by atoms with Crippen LogP contribution in [0.15, 0.2) is 59.5 Å². The molecule has 2 aromatic carbocycles. The molecule has 2 rings (SSSR count). The summed E-state index contributed by atoms with van der Waals surface area (Å²) in [6.07, 6.45) is 0.839. The van der Waals surface area contributed by atoms with Gasteiger partial charge in [-0.1, -0.05) is 30.3 Å². The molecule has 6 heteroatoms. The molecular weight excluding hydrogens is 338 g/mol. The van der Waals surface area contributed by atoms with Gasteiger partial charge in [0.05, 0.1) is 7.11 Å². The summed E-state index contributed by atoms with van der Waals surface area (Å²) in [7, 11) is 1.48. The maximum Gasteiger partial charge on any atom is 0.342 e. The molecule has 1 N–H and O–H groups in total. The molecule has 25 heavy (non-hydrogen) atoms. The fourth-order valence-corrected chi connectivity index (χ4v) is 2.95. The fourth-order valence-electron chi connectivity index (χ4n) is 2.08. The van der Waals surface area contributed by atoms with E-state index < -0.39 is 5.97 Å². The van der Waals surface area contributed by atoms with Crippen molar-refractivity contribution in [2.24, 2.45) is 0 Å². The van der Waals surface area contributed by atoms with Crippen LogP contribution in [0.4, 0.5) is 0 Å². The van der Waals surface area contributed by atoms with Crippen molar-refractivity contribution in [3.8, 4) is 5.75 Å². The molecular formula is C19H21NO4S. The van der Waals surface area contributed by atoms with E-state index in [1.54, 1.807) is 36.0 Å². The highest BCUT2D eigenvalue weighted by atomic mass is 32.2. The second kappa shape index (κ2) is 10.4. The van der Waals surface area contributed by atoms with Crippen LogP contribution in [0.25, 0.3) is 0 Å². The summed E-state index contributed by atoms with van der Waals surface area (Å²) in [4.78, 5) is 24.9. The molecule has 0 fully saturated rings. The minimum Gasteiger partial charge on any atom is -0.496 e. The topological polar surface area (TPSA) is 64.6 Å². The lowest BCUT2D eigenvalue weighted by Crippen LogP contribution is -2.29. The molecule has 0 aliphatic rings. The smallest absolute Gasteiger partial charge is 0.342 e. The predicted octanol–water partition coefficient (Wildman–Crippen LogP) is 3.15. The molecule has 0 bridgehead atoms. The standard InChI is InChI=1S/C19H21NO4S/c1-23-17-11-6-5-10-16(17)19(22)24-14-18(21)20-12-7-13-25-15-8-3-2-4-9-15/h2-6,8-11H,7,12-14H2,1H3,(H,20,21). The Morgan fingerprint density at radius 3 is 2.52 bits per heavy atom. The highest BCUT2D eigenvalue weighted by molar-refractivity contribution is 7.99. The number of thioether (sulfide) groups is 1. The van der Waals surface area contributed by atoms with Gasteiger partial charge in [0.25, 0.3) is 5.91 Å². The van der Waals surface area contributed by atoms with E-state index >= 15 is 0 Å². The van der Waals surface area contributed by atoms with Gasteiger partial charge in [-0.25, -0.2) is 4.79 Å². The summed E-state index contributed by atoms with van der Waals surface area (Å²) in [5, 5.41) is 2.74. The van der Waals surface area contributed by atoms with E-state index in [0.717, 1.165) is 12.2 Å². The summed E-state index contributed by atoms with van der Waals surface area (Å²) < 4.78 is 10.1. The second-order valence-corrected chi connectivity index (χ2v) is 6.31. The number of carbonyl (C=O) groups excluding carboxylic acids is 2. The maximum absolute atomic E-state index is 12.0. The minimum absolute atomic E-state index is 0.303. The lowest BCUT2D eigenvalue weighted by atomic mass is 10.2. The Bertz CT molecular complexity index is 691. The summed E-state index contributed by atoms with van der Waals surface area (Å²) in [6, 6.07) is 16.8. The van der Waals surface area contributed by atoms with E-state index in [4.69, 9.17) is 9.47 Å². The summed E-state index contributed by atoms with van der Waals surface area (Å²) in [5.41, 5.74) is 0.303. The van der Waals surface area contributed by atoms with Crippen molar-refractivity contribution in [1.29, 1.82) is 0 Å². The van der Waals surface area contributed by atoms with Crippen molar-refractivity contribution in [2.75, 3.05) is 26.0 Å². The van der Waals surface area contributed by atoms with Gasteiger partial charge in [-0.05, 0) is 36.4 Å². The summed E-state index contributed by atoms with van der Waals surface area (Å²) in [5.74, 6) is 0.441. The van der Waals surface area contributed by atoms with Gasteiger partial charge in [0, 0.05) is 11.4 Å². The first kappa shape index (κ1) is 18.9. The molecule has 0 aromatic heterocycles. The first-order valence-corrected chi connectivity index (χ1v) is 8.94. The van der Waals surface area contributed by atoms with Gasteiger partial charge >= 0.3 is 5.97 Å². The molecule has 5 nitrogen and oxygen atoms in total. The van der Waals surface area contributed by atoms with Crippen molar-refractivity contribution < 1.29 is 19.1 Å². The monoisotopic (exact) mass is 359 g/mol. The van der Waals surface area contributed by atoms with Gasteiger partial charge in [0.1, 0.15) is 11.3 Å². The zero-order chi connectivity index (χ0) is 17.9.